The Labute approximate surface area is 136 Å². The lowest BCUT2D eigenvalue weighted by atomic mass is 9.88. The van der Waals surface area contributed by atoms with Gasteiger partial charge in [-0.05, 0) is 50.5 Å². The van der Waals surface area contributed by atoms with Crippen LogP contribution in [0, 0.1) is 0 Å². The van der Waals surface area contributed by atoms with Crippen LogP contribution < -0.4 is 4.74 Å². The quantitative estimate of drug-likeness (QED) is 0.658. The Hall–Kier alpha value is -2.24. The van der Waals surface area contributed by atoms with Crippen molar-refractivity contribution in [1.82, 2.24) is 4.90 Å². The van der Waals surface area contributed by atoms with Crippen LogP contribution >= 0.6 is 0 Å². The molecule has 0 aliphatic carbocycles. The van der Waals surface area contributed by atoms with Gasteiger partial charge in [-0.2, -0.15) is 0 Å². The first-order chi connectivity index (χ1) is 10.7. The molecule has 0 saturated heterocycles. The van der Waals surface area contributed by atoms with Crippen LogP contribution in [-0.4, -0.2) is 34.4 Å². The van der Waals surface area contributed by atoms with Gasteiger partial charge in [0, 0.05) is 19.0 Å². The molecule has 1 aromatic rings. The Morgan fingerprint density at radius 1 is 1.35 bits per heavy atom. The van der Waals surface area contributed by atoms with Crippen molar-refractivity contribution in [3.63, 3.8) is 0 Å². The van der Waals surface area contributed by atoms with Crippen LogP contribution in [0.4, 0.5) is 9.59 Å². The summed E-state index contributed by atoms with van der Waals surface area (Å²) in [4.78, 5) is 24.4. The summed E-state index contributed by atoms with van der Waals surface area (Å²) >= 11 is 0. The second kappa shape index (κ2) is 6.48. The van der Waals surface area contributed by atoms with Crippen molar-refractivity contribution in [3.8, 4) is 5.75 Å². The molecule has 0 aromatic heterocycles. The summed E-state index contributed by atoms with van der Waals surface area (Å²) < 4.78 is 10.3. The van der Waals surface area contributed by atoms with Crippen molar-refractivity contribution < 1.29 is 24.2 Å². The monoisotopic (exact) mass is 321 g/mol. The smallest absolute Gasteiger partial charge is 0.465 e. The van der Waals surface area contributed by atoms with Gasteiger partial charge in [-0.1, -0.05) is 13.0 Å². The highest BCUT2D eigenvalue weighted by atomic mass is 16.7. The van der Waals surface area contributed by atoms with Crippen LogP contribution in [0.3, 0.4) is 0 Å². The molecule has 0 fully saturated rings. The predicted molar refractivity (Wildman–Crippen MR) is 84.8 cm³/mol. The summed E-state index contributed by atoms with van der Waals surface area (Å²) in [6, 6.07) is 5.35. The molecule has 23 heavy (non-hydrogen) atoms. The van der Waals surface area contributed by atoms with Crippen LogP contribution in [0.15, 0.2) is 18.2 Å². The van der Waals surface area contributed by atoms with E-state index in [4.69, 9.17) is 9.47 Å². The highest BCUT2D eigenvalue weighted by molar-refractivity contribution is 5.67. The molecule has 0 saturated carbocycles. The van der Waals surface area contributed by atoms with Crippen LogP contribution in [0.5, 0.6) is 5.75 Å². The van der Waals surface area contributed by atoms with Crippen LogP contribution in [0.2, 0.25) is 0 Å². The number of rotatable bonds is 2. The zero-order valence-electron chi connectivity index (χ0n) is 14.0. The highest BCUT2D eigenvalue weighted by Crippen LogP contribution is 2.33. The number of hydrogen-bond donors (Lipinski definition) is 1. The second-order valence-corrected chi connectivity index (χ2v) is 6.70. The first kappa shape index (κ1) is 17.1. The van der Waals surface area contributed by atoms with Gasteiger partial charge in [-0.3, -0.25) is 0 Å². The lowest BCUT2D eigenvalue weighted by Gasteiger charge is -2.32. The molecule has 0 radical (unpaired) electrons. The van der Waals surface area contributed by atoms with Crippen molar-refractivity contribution >= 4 is 12.2 Å². The number of hydrogen-bond acceptors (Lipinski definition) is 4. The van der Waals surface area contributed by atoms with E-state index >= 15 is 0 Å². The second-order valence-electron chi connectivity index (χ2n) is 6.70. The maximum atomic E-state index is 11.7. The minimum atomic E-state index is -0.937. The van der Waals surface area contributed by atoms with Gasteiger partial charge in [0.1, 0.15) is 11.4 Å². The molecular formula is C17H23NO5. The van der Waals surface area contributed by atoms with Crippen LogP contribution in [-0.2, 0) is 11.3 Å². The van der Waals surface area contributed by atoms with E-state index in [9.17, 15) is 14.7 Å². The SMILES string of the molecule is CCC1CN(C(=O)O)Cc2cc(OC(=O)OC(C)(C)C)ccc21. The fourth-order valence-corrected chi connectivity index (χ4v) is 2.68. The van der Waals surface area contributed by atoms with E-state index in [0.717, 1.165) is 17.5 Å². The summed E-state index contributed by atoms with van der Waals surface area (Å²) in [6.45, 7) is 8.11. The number of amides is 1. The summed E-state index contributed by atoms with van der Waals surface area (Å²) in [5, 5.41) is 9.24. The molecule has 1 aromatic carbocycles. The number of benzene rings is 1. The summed E-state index contributed by atoms with van der Waals surface area (Å²) in [6.07, 6.45) is -0.855. The van der Waals surface area contributed by atoms with Gasteiger partial charge in [0.2, 0.25) is 0 Å². The fraction of sp³-hybridized carbons (Fsp3) is 0.529. The number of nitrogens with zero attached hydrogens (tertiary/aromatic N) is 1. The molecule has 1 aliphatic rings. The topological polar surface area (TPSA) is 76.1 Å². The average molecular weight is 321 g/mol. The number of carbonyl (C=O) groups is 2. The molecule has 6 heteroatoms. The van der Waals surface area contributed by atoms with Gasteiger partial charge in [0.25, 0.3) is 0 Å². The maximum absolute atomic E-state index is 11.7. The molecule has 1 atom stereocenters. The van der Waals surface area contributed by atoms with Gasteiger partial charge < -0.3 is 19.5 Å². The van der Waals surface area contributed by atoms with Crippen molar-refractivity contribution in [3.05, 3.63) is 29.3 Å². The minimum Gasteiger partial charge on any atom is -0.465 e. The first-order valence-electron chi connectivity index (χ1n) is 7.71. The van der Waals surface area contributed by atoms with E-state index in [1.807, 2.05) is 13.0 Å². The molecule has 1 unspecified atom stereocenters. The van der Waals surface area contributed by atoms with Crippen LogP contribution in [0.25, 0.3) is 0 Å². The van der Waals surface area contributed by atoms with Crippen molar-refractivity contribution in [2.45, 2.75) is 52.2 Å². The average Bonchev–Trinajstić information content (AvgIpc) is 2.43. The van der Waals surface area contributed by atoms with Gasteiger partial charge >= 0.3 is 12.2 Å². The number of fused-ring (bicyclic) bond motifs is 1. The summed E-state index contributed by atoms with van der Waals surface area (Å²) in [5.74, 6) is 0.519. The van der Waals surface area contributed by atoms with E-state index < -0.39 is 17.8 Å². The molecule has 1 aliphatic heterocycles. The Morgan fingerprint density at radius 3 is 2.61 bits per heavy atom. The molecule has 0 bridgehead atoms. The van der Waals surface area contributed by atoms with E-state index in [1.54, 1.807) is 32.9 Å². The minimum absolute atomic E-state index is 0.158. The third kappa shape index (κ3) is 4.37. The number of carboxylic acid groups (broad SMARTS) is 1. The van der Waals surface area contributed by atoms with E-state index in [-0.39, 0.29) is 5.92 Å². The van der Waals surface area contributed by atoms with Crippen LogP contribution in [0.1, 0.15) is 51.2 Å². The lowest BCUT2D eigenvalue weighted by molar-refractivity contribution is 0.0205. The van der Waals surface area contributed by atoms with E-state index in [0.29, 0.717) is 18.8 Å². The Kier molecular flexibility index (Phi) is 4.82. The standard InChI is InChI=1S/C17H23NO5/c1-5-11-9-18(15(19)20)10-12-8-13(6-7-14(11)12)22-16(21)23-17(2,3)4/h6-8,11H,5,9-10H2,1-4H3,(H,19,20). The molecule has 6 nitrogen and oxygen atoms in total. The molecule has 126 valence electrons. The zero-order chi connectivity index (χ0) is 17.2. The summed E-state index contributed by atoms with van der Waals surface area (Å²) in [7, 11) is 0. The third-order valence-electron chi connectivity index (χ3n) is 3.71. The van der Waals surface area contributed by atoms with Gasteiger partial charge in [0.15, 0.2) is 0 Å². The largest absolute Gasteiger partial charge is 0.514 e. The number of ether oxygens (including phenoxy) is 2. The Balaban J connectivity index is 2.19. The maximum Gasteiger partial charge on any atom is 0.514 e. The molecular weight excluding hydrogens is 298 g/mol. The molecule has 1 N–H and O–H groups in total. The summed E-state index contributed by atoms with van der Waals surface area (Å²) in [5.41, 5.74) is 1.35. The van der Waals surface area contributed by atoms with Crippen molar-refractivity contribution in [2.75, 3.05) is 6.54 Å². The third-order valence-corrected chi connectivity index (χ3v) is 3.71. The van der Waals surface area contributed by atoms with E-state index in [1.165, 1.54) is 4.90 Å². The Morgan fingerprint density at radius 2 is 2.04 bits per heavy atom. The molecule has 1 amide bonds. The molecule has 0 spiro atoms. The normalized spacial score (nSPS) is 17.4. The van der Waals surface area contributed by atoms with Crippen molar-refractivity contribution in [1.29, 1.82) is 0 Å². The first-order valence-corrected chi connectivity index (χ1v) is 7.71. The van der Waals surface area contributed by atoms with Gasteiger partial charge in [0.05, 0.1) is 0 Å². The van der Waals surface area contributed by atoms with Gasteiger partial charge in [-0.15, -0.1) is 0 Å². The lowest BCUT2D eigenvalue weighted by Crippen LogP contribution is -2.37. The fourth-order valence-electron chi connectivity index (χ4n) is 2.68. The van der Waals surface area contributed by atoms with Crippen molar-refractivity contribution in [2.24, 2.45) is 0 Å². The Bertz CT molecular complexity index is 605. The predicted octanol–water partition coefficient (Wildman–Crippen LogP) is 3.99. The number of carbonyl (C=O) groups excluding carboxylic acids is 1. The van der Waals surface area contributed by atoms with Gasteiger partial charge in [-0.25, -0.2) is 9.59 Å². The van der Waals surface area contributed by atoms with E-state index in [2.05, 4.69) is 0 Å². The molecule has 1 heterocycles. The highest BCUT2D eigenvalue weighted by Gasteiger charge is 2.27. The molecule has 2 rings (SSSR count). The zero-order valence-corrected chi connectivity index (χ0v) is 14.0.